The second-order valence-corrected chi connectivity index (χ2v) is 5.50. The Balaban J connectivity index is 2.10. The van der Waals surface area contributed by atoms with E-state index in [-0.39, 0.29) is 11.3 Å². The van der Waals surface area contributed by atoms with Crippen molar-refractivity contribution < 1.29 is 19.2 Å². The second kappa shape index (κ2) is 8.25. The van der Waals surface area contributed by atoms with Gasteiger partial charge in [0.15, 0.2) is 11.5 Å². The minimum Gasteiger partial charge on any atom is -0.493 e. The maximum Gasteiger partial charge on any atom is 0.271 e. The van der Waals surface area contributed by atoms with Crippen molar-refractivity contribution in [1.82, 2.24) is 5.43 Å². The molecule has 0 fully saturated rings. The standard InChI is InChI=1S/C16H14BrN3O5/c1-24-13-8-5-11(14(17)15(13)25-2)9-18-19-16(21)10-3-6-12(7-4-10)20(22)23/h3-9H,1-2H3,(H,19,21)/b18-9+. The largest absolute Gasteiger partial charge is 0.493 e. The molecule has 0 atom stereocenters. The summed E-state index contributed by atoms with van der Waals surface area (Å²) < 4.78 is 11.1. The SMILES string of the molecule is COc1ccc(/C=N/NC(=O)c2ccc([N+](=O)[O-])cc2)c(Br)c1OC. The molecule has 2 aromatic carbocycles. The van der Waals surface area contributed by atoms with Crippen molar-refractivity contribution in [2.24, 2.45) is 5.10 Å². The van der Waals surface area contributed by atoms with E-state index in [1.807, 2.05) is 0 Å². The minimum atomic E-state index is -0.533. The number of nitro groups is 1. The number of hydrogen-bond donors (Lipinski definition) is 1. The van der Waals surface area contributed by atoms with Crippen LogP contribution >= 0.6 is 15.9 Å². The summed E-state index contributed by atoms with van der Waals surface area (Å²) in [5, 5.41) is 14.5. The zero-order valence-electron chi connectivity index (χ0n) is 13.4. The zero-order chi connectivity index (χ0) is 18.4. The van der Waals surface area contributed by atoms with E-state index in [1.54, 1.807) is 12.1 Å². The molecule has 0 unspecified atom stereocenters. The summed E-state index contributed by atoms with van der Waals surface area (Å²) in [6.07, 6.45) is 1.44. The van der Waals surface area contributed by atoms with Gasteiger partial charge in [-0.25, -0.2) is 5.43 Å². The van der Waals surface area contributed by atoms with Crippen molar-refractivity contribution in [1.29, 1.82) is 0 Å². The number of amides is 1. The van der Waals surface area contributed by atoms with Gasteiger partial charge >= 0.3 is 0 Å². The van der Waals surface area contributed by atoms with Gasteiger partial charge in [0.1, 0.15) is 0 Å². The fourth-order valence-corrected chi connectivity index (χ4v) is 2.56. The summed E-state index contributed by atoms with van der Waals surface area (Å²) in [5.74, 6) is 0.581. The molecule has 0 heterocycles. The van der Waals surface area contributed by atoms with Gasteiger partial charge in [-0.15, -0.1) is 0 Å². The summed E-state index contributed by atoms with van der Waals surface area (Å²) in [5.41, 5.74) is 3.20. The first-order valence-electron chi connectivity index (χ1n) is 6.96. The van der Waals surface area contributed by atoms with Gasteiger partial charge in [-0.3, -0.25) is 14.9 Å². The van der Waals surface area contributed by atoms with Crippen LogP contribution in [0.4, 0.5) is 5.69 Å². The third-order valence-electron chi connectivity index (χ3n) is 3.22. The molecule has 0 aliphatic rings. The van der Waals surface area contributed by atoms with Crippen molar-refractivity contribution in [3.8, 4) is 11.5 Å². The van der Waals surface area contributed by atoms with E-state index < -0.39 is 10.8 Å². The predicted molar refractivity (Wildman–Crippen MR) is 95.4 cm³/mol. The van der Waals surface area contributed by atoms with Crippen molar-refractivity contribution in [3.05, 3.63) is 62.1 Å². The number of methoxy groups -OCH3 is 2. The predicted octanol–water partition coefficient (Wildman–Crippen LogP) is 3.14. The van der Waals surface area contributed by atoms with E-state index in [0.717, 1.165) is 0 Å². The molecule has 1 N–H and O–H groups in total. The highest BCUT2D eigenvalue weighted by Crippen LogP contribution is 2.36. The van der Waals surface area contributed by atoms with Crippen LogP contribution in [0.3, 0.4) is 0 Å². The number of halogens is 1. The van der Waals surface area contributed by atoms with Crippen LogP contribution < -0.4 is 14.9 Å². The van der Waals surface area contributed by atoms with Crippen LogP contribution in [0.15, 0.2) is 46.0 Å². The third-order valence-corrected chi connectivity index (χ3v) is 4.04. The number of carbonyl (C=O) groups is 1. The van der Waals surface area contributed by atoms with Gasteiger partial charge in [0, 0.05) is 23.3 Å². The van der Waals surface area contributed by atoms with Crippen LogP contribution in [0.5, 0.6) is 11.5 Å². The van der Waals surface area contributed by atoms with Gasteiger partial charge < -0.3 is 9.47 Å². The van der Waals surface area contributed by atoms with E-state index in [9.17, 15) is 14.9 Å². The van der Waals surface area contributed by atoms with Crippen molar-refractivity contribution in [2.75, 3.05) is 14.2 Å². The van der Waals surface area contributed by atoms with Crippen molar-refractivity contribution in [3.63, 3.8) is 0 Å². The number of hydrogen-bond acceptors (Lipinski definition) is 6. The molecular formula is C16H14BrN3O5. The molecule has 0 bridgehead atoms. The van der Waals surface area contributed by atoms with E-state index in [1.165, 1.54) is 44.7 Å². The fourth-order valence-electron chi connectivity index (χ4n) is 1.96. The Labute approximate surface area is 151 Å². The summed E-state index contributed by atoms with van der Waals surface area (Å²) in [6, 6.07) is 8.67. The lowest BCUT2D eigenvalue weighted by Crippen LogP contribution is -2.17. The molecule has 130 valence electrons. The number of ether oxygens (including phenoxy) is 2. The zero-order valence-corrected chi connectivity index (χ0v) is 14.9. The molecule has 8 nitrogen and oxygen atoms in total. The maximum atomic E-state index is 12.0. The van der Waals surface area contributed by atoms with Crippen LogP contribution in [0.1, 0.15) is 15.9 Å². The van der Waals surface area contributed by atoms with Gasteiger partial charge in [-0.05, 0) is 40.2 Å². The van der Waals surface area contributed by atoms with Crippen molar-refractivity contribution in [2.45, 2.75) is 0 Å². The Morgan fingerprint density at radius 3 is 2.44 bits per heavy atom. The van der Waals surface area contributed by atoms with Crippen LogP contribution in [-0.4, -0.2) is 31.3 Å². The van der Waals surface area contributed by atoms with Crippen molar-refractivity contribution >= 4 is 33.7 Å². The first kappa shape index (κ1) is 18.4. The molecule has 25 heavy (non-hydrogen) atoms. The van der Waals surface area contributed by atoms with Crippen LogP contribution in [-0.2, 0) is 0 Å². The number of nitrogens with zero attached hydrogens (tertiary/aromatic N) is 2. The number of rotatable bonds is 6. The summed E-state index contributed by atoms with van der Waals surface area (Å²) in [4.78, 5) is 22.0. The minimum absolute atomic E-state index is 0.0886. The molecule has 0 radical (unpaired) electrons. The highest BCUT2D eigenvalue weighted by molar-refractivity contribution is 9.10. The number of benzene rings is 2. The van der Waals surface area contributed by atoms with Gasteiger partial charge in [-0.1, -0.05) is 0 Å². The van der Waals surface area contributed by atoms with Gasteiger partial charge in [-0.2, -0.15) is 5.10 Å². The Morgan fingerprint density at radius 2 is 1.88 bits per heavy atom. The smallest absolute Gasteiger partial charge is 0.271 e. The lowest BCUT2D eigenvalue weighted by atomic mass is 10.2. The number of hydrazone groups is 1. The molecule has 0 aliphatic heterocycles. The van der Waals surface area contributed by atoms with Crippen LogP contribution in [0.2, 0.25) is 0 Å². The third kappa shape index (κ3) is 4.32. The highest BCUT2D eigenvalue weighted by Gasteiger charge is 2.12. The molecule has 0 aromatic heterocycles. The van der Waals surface area contributed by atoms with E-state index >= 15 is 0 Å². The Bertz CT molecular complexity index is 821. The maximum absolute atomic E-state index is 12.0. The Kier molecular flexibility index (Phi) is 6.07. The van der Waals surface area contributed by atoms with Crippen LogP contribution in [0, 0.1) is 10.1 Å². The molecule has 0 spiro atoms. The van der Waals surface area contributed by atoms with Gasteiger partial charge in [0.25, 0.3) is 11.6 Å². The monoisotopic (exact) mass is 407 g/mol. The summed E-state index contributed by atoms with van der Waals surface area (Å²) in [7, 11) is 3.04. The topological polar surface area (TPSA) is 103 Å². The Hall–Kier alpha value is -2.94. The Morgan fingerprint density at radius 1 is 1.20 bits per heavy atom. The van der Waals surface area contributed by atoms with Crippen LogP contribution in [0.25, 0.3) is 0 Å². The molecule has 1 amide bonds. The quantitative estimate of drug-likeness (QED) is 0.450. The number of nitrogens with one attached hydrogen (secondary N) is 1. The number of nitro benzene ring substituents is 1. The fraction of sp³-hybridized carbons (Fsp3) is 0.125. The molecule has 2 aromatic rings. The van der Waals surface area contributed by atoms with E-state index in [4.69, 9.17) is 9.47 Å². The second-order valence-electron chi connectivity index (χ2n) is 4.71. The van der Waals surface area contributed by atoms with E-state index in [0.29, 0.717) is 21.5 Å². The van der Waals surface area contributed by atoms with Gasteiger partial charge in [0.2, 0.25) is 0 Å². The molecular weight excluding hydrogens is 394 g/mol. The summed E-state index contributed by atoms with van der Waals surface area (Å²) >= 11 is 3.39. The number of non-ortho nitro benzene ring substituents is 1. The average Bonchev–Trinajstić information content (AvgIpc) is 2.62. The highest BCUT2D eigenvalue weighted by atomic mass is 79.9. The lowest BCUT2D eigenvalue weighted by molar-refractivity contribution is -0.384. The number of carbonyl (C=O) groups excluding carboxylic acids is 1. The van der Waals surface area contributed by atoms with E-state index in [2.05, 4.69) is 26.5 Å². The lowest BCUT2D eigenvalue weighted by Gasteiger charge is -2.10. The van der Waals surface area contributed by atoms with Gasteiger partial charge in [0.05, 0.1) is 29.8 Å². The average molecular weight is 408 g/mol. The first-order chi connectivity index (χ1) is 12.0. The molecule has 0 aliphatic carbocycles. The molecule has 0 saturated carbocycles. The molecule has 2 rings (SSSR count). The summed E-state index contributed by atoms with van der Waals surface area (Å²) in [6.45, 7) is 0. The normalized spacial score (nSPS) is 10.5. The first-order valence-corrected chi connectivity index (χ1v) is 7.75. The molecule has 9 heteroatoms. The molecule has 0 saturated heterocycles.